The summed E-state index contributed by atoms with van der Waals surface area (Å²) in [6.45, 7) is 20.3. The van der Waals surface area contributed by atoms with Crippen molar-refractivity contribution in [2.75, 3.05) is 13.1 Å². The first kappa shape index (κ1) is 69.1. The fourth-order valence-corrected chi connectivity index (χ4v) is 10.7. The van der Waals surface area contributed by atoms with Gasteiger partial charge in [0.25, 0.3) is 0 Å². The molecule has 8 rings (SSSR count). The monoisotopic (exact) mass is 1420 g/mol. The molecule has 20 atom stereocenters. The largest absolute Gasteiger partial charge is 0.462 e. The number of benzene rings is 4. The molecule has 2 unspecified atom stereocenters. The molecule has 4 fully saturated rings. The summed E-state index contributed by atoms with van der Waals surface area (Å²) < 4.78 is 158. The van der Waals surface area contributed by atoms with Crippen LogP contribution < -0.4 is 20.1 Å². The van der Waals surface area contributed by atoms with Gasteiger partial charge in [-0.2, -0.15) is 0 Å². The first-order valence-electron chi connectivity index (χ1n) is 38.4. The summed E-state index contributed by atoms with van der Waals surface area (Å²) in [4.78, 5) is 79.6. The molecule has 0 spiro atoms. The molecule has 0 saturated carbocycles. The number of rotatable bonds is 17. The second kappa shape index (κ2) is 37.2. The molecule has 29 heteroatoms. The van der Waals surface area contributed by atoms with Crippen molar-refractivity contribution in [1.29, 1.82) is 0 Å². The lowest BCUT2D eigenvalue weighted by atomic mass is 9.91. The van der Waals surface area contributed by atoms with Crippen LogP contribution in [0, 0.1) is 23.5 Å². The van der Waals surface area contributed by atoms with Gasteiger partial charge in [-0.05, 0) is 122 Å². The molecular formula is C68H106F2N2O25. The minimum atomic E-state index is -1.44. The van der Waals surface area contributed by atoms with E-state index in [2.05, 4.69) is 15.4 Å². The standard InChI is InChI=1S/C27H32FNO7.C22H26FNO6.C13H20O7.C6H12O5.8H2/c1-15-16(2)33-27(26(35-19(5)32)25(15)34-18(4)31)36-23-10-9-20(11-12-29-17(3)30)24(14-23)21-7-6-8-22(28)13-21;1-12-19(26)20(27)21(28)22(29-12)30-17-7-6-14(8-9-24-13(2)25)18(11-17)15-4-3-5-16(23)10-15;1-6-7(2)17-13(20-10(5)16)12(19-9(4)15)11(6)18-8(3)14;1-2-3(7)4(8)5(9)6(10)11-2;;;;;;;;/h6-10,13-16,25-27H,11-12H2,1-5H3,(H,29,30);3-7,10-12,19-22,26-28H,8-9H2,1-2H3,(H,24,25);6-7,11-13H,1-5H3;2-10H,1H3;8*1H/t15-,16+,25-,26+,27+;12-,19+,20+,21-,22-;6-,7+,11-,12+,13?;2-,3+,4+,5-,6?;;;;;;;;/m1010......../s1/i;;;;7*1+2T;1+2. The molecule has 9 N–H and O–H groups in total. The van der Waals surface area contributed by atoms with Gasteiger partial charge in [0, 0.05) is 95.6 Å². The number of hydrogen-bond donors (Lipinski definition) is 9. The molecule has 4 saturated heterocycles. The number of aliphatic hydroxyl groups is 7. The highest BCUT2D eigenvalue weighted by Gasteiger charge is 2.50. The van der Waals surface area contributed by atoms with Crippen molar-refractivity contribution in [3.8, 4) is 33.8 Å². The maximum absolute atomic E-state index is 14.0. The lowest BCUT2D eigenvalue weighted by Crippen LogP contribution is -2.58. The van der Waals surface area contributed by atoms with Gasteiger partial charge in [0.05, 0.1) is 24.4 Å². The highest BCUT2D eigenvalue weighted by atomic mass is 19.1. The van der Waals surface area contributed by atoms with E-state index in [0.717, 1.165) is 16.7 Å². The quantitative estimate of drug-likeness (QED) is 0.0449. The molecule has 4 heterocycles. The predicted octanol–water partition coefficient (Wildman–Crippen LogP) is 5.74. The first-order valence-corrected chi connectivity index (χ1v) is 31.4. The van der Waals surface area contributed by atoms with Crippen LogP contribution in [0.5, 0.6) is 11.5 Å². The van der Waals surface area contributed by atoms with Crippen molar-refractivity contribution in [2.45, 2.75) is 213 Å². The van der Waals surface area contributed by atoms with Crippen LogP contribution in [0.2, 0.25) is 0 Å². The van der Waals surface area contributed by atoms with Gasteiger partial charge in [-0.15, -0.1) is 0 Å². The van der Waals surface area contributed by atoms with Crippen LogP contribution in [-0.2, 0) is 89.0 Å². The van der Waals surface area contributed by atoms with Gasteiger partial charge in [-0.3, -0.25) is 33.6 Å². The molecule has 0 bridgehead atoms. The number of nitrogens with one attached hydrogen (secondary N) is 2. The van der Waals surface area contributed by atoms with E-state index >= 15 is 0 Å². The second-order valence-corrected chi connectivity index (χ2v) is 23.8. The number of amides is 2. The maximum atomic E-state index is 14.0. The Labute approximate surface area is 583 Å². The number of aliphatic hydroxyl groups excluding tert-OH is 7. The first-order chi connectivity index (χ1) is 52.6. The van der Waals surface area contributed by atoms with Crippen molar-refractivity contribution in [2.24, 2.45) is 11.8 Å². The Morgan fingerprint density at radius 1 is 0.423 bits per heavy atom. The van der Waals surface area contributed by atoms with E-state index in [1.807, 2.05) is 19.9 Å². The molecule has 27 nitrogen and oxygen atoms in total. The molecule has 4 aromatic rings. The van der Waals surface area contributed by atoms with Gasteiger partial charge in [0.2, 0.25) is 42.9 Å². The highest BCUT2D eigenvalue weighted by Crippen LogP contribution is 2.37. The SMILES string of the molecule is CC(=O)NCCc1ccc(O[C@@H]2O[C@@H](C)[C@@H](C)[C@@H](OC(C)=O)[C@@H]2OC(C)=O)cc1-c1cccc(F)c1.CC(=O)NCCc1ccc(O[C@@H]2O[C@@H](C)[C@@H](O)[C@@H](O)[C@@H]2O)cc1-c1cccc(F)c1.CC(=O)OC1O[C@@H](C)[C@@H](C)[C@@H](OC(C)=O)[C@@H]1OC(C)=O.C[C@@H]1OC(O)[C@@H](O)[C@H](O)[C@@H]1O.[3HH].[3H][3H].[3H][3H].[3H][3H].[3H][3H].[3H][3H].[3H][3H].[3H][3H]. The van der Waals surface area contributed by atoms with Gasteiger partial charge < -0.3 is 98.5 Å². The third-order valence-electron chi connectivity index (χ3n) is 16.0. The summed E-state index contributed by atoms with van der Waals surface area (Å²) in [7, 11) is 0. The summed E-state index contributed by atoms with van der Waals surface area (Å²) in [6.07, 6.45) is -17.2. The number of carbonyl (C=O) groups excluding carboxylic acids is 7. The Kier molecular flexibility index (Phi) is 26.5. The van der Waals surface area contributed by atoms with Crippen LogP contribution in [0.1, 0.15) is 123 Å². The van der Waals surface area contributed by atoms with Crippen molar-refractivity contribution in [3.05, 3.63) is 108 Å². The minimum absolute atomic E-state index is 0. The summed E-state index contributed by atoms with van der Waals surface area (Å²) in [6, 6.07) is 22.7. The van der Waals surface area contributed by atoms with Gasteiger partial charge in [0.1, 0.15) is 72.0 Å². The molecule has 0 aliphatic carbocycles. The van der Waals surface area contributed by atoms with E-state index in [0.29, 0.717) is 54.1 Å². The van der Waals surface area contributed by atoms with Crippen LogP contribution in [0.3, 0.4) is 0 Å². The van der Waals surface area contributed by atoms with Crippen LogP contribution >= 0.6 is 0 Å². The Morgan fingerprint density at radius 2 is 0.784 bits per heavy atom. The van der Waals surface area contributed by atoms with Crippen molar-refractivity contribution in [3.63, 3.8) is 0 Å². The lowest BCUT2D eigenvalue weighted by Gasteiger charge is -2.43. The summed E-state index contributed by atoms with van der Waals surface area (Å²) in [5, 5.41) is 71.5. The van der Waals surface area contributed by atoms with Gasteiger partial charge in [-0.1, -0.05) is 50.2 Å². The molecule has 97 heavy (non-hydrogen) atoms. The van der Waals surface area contributed by atoms with Gasteiger partial charge >= 0.3 is 29.8 Å². The zero-order chi connectivity index (χ0) is 86.3. The normalized spacial score (nSPS) is 30.2. The molecular weight excluding hydrogens is 1280 g/mol. The zero-order valence-corrected chi connectivity index (χ0v) is 56.2. The molecule has 4 aliphatic rings. The van der Waals surface area contributed by atoms with Crippen LogP contribution in [0.4, 0.5) is 8.78 Å². The van der Waals surface area contributed by atoms with Crippen molar-refractivity contribution in [1.82, 2.24) is 10.6 Å². The molecule has 4 aromatic carbocycles. The number of halogens is 2. The van der Waals surface area contributed by atoms with E-state index in [4.69, 9.17) is 88.6 Å². The van der Waals surface area contributed by atoms with E-state index < -0.39 is 128 Å². The molecule has 0 radical (unpaired) electrons. The van der Waals surface area contributed by atoms with Crippen LogP contribution in [-0.4, -0.2) is 201 Å². The minimum Gasteiger partial charge on any atom is -0.462 e. The van der Waals surface area contributed by atoms with Crippen molar-refractivity contribution < 1.29 is 152 Å². The maximum Gasteiger partial charge on any atom is 0.305 e. The third-order valence-corrected chi connectivity index (χ3v) is 16.0. The summed E-state index contributed by atoms with van der Waals surface area (Å²) >= 11 is 0. The Balaban J connectivity index is -0.000000691. The molecule has 552 valence electrons. The smallest absolute Gasteiger partial charge is 0.305 e. The van der Waals surface area contributed by atoms with E-state index in [1.165, 1.54) is 79.7 Å². The van der Waals surface area contributed by atoms with Crippen LogP contribution in [0.25, 0.3) is 22.3 Å². The van der Waals surface area contributed by atoms with Gasteiger partial charge in [-0.25, -0.2) is 8.78 Å². The van der Waals surface area contributed by atoms with E-state index in [-0.39, 0.29) is 48.9 Å². The fraction of sp³-hybridized carbons (Fsp3) is 0.544. The number of hydrogen-bond acceptors (Lipinski definition) is 25. The Hall–Kier alpha value is -7.81. The Morgan fingerprint density at radius 3 is 1.19 bits per heavy atom. The zero-order valence-electron chi connectivity index (χ0n) is 70.2. The lowest BCUT2D eigenvalue weighted by molar-refractivity contribution is -0.278. The van der Waals surface area contributed by atoms with Crippen molar-refractivity contribution >= 4 is 41.7 Å². The third kappa shape index (κ3) is 23.7. The van der Waals surface area contributed by atoms with Crippen LogP contribution in [0.15, 0.2) is 84.9 Å². The molecule has 4 aliphatic heterocycles. The molecule has 0 aromatic heterocycles. The summed E-state index contributed by atoms with van der Waals surface area (Å²) in [5.74, 6) is -3.50. The topological polar surface area (TPSA) is 387 Å². The number of ether oxygens (including phenoxy) is 11. The van der Waals surface area contributed by atoms with E-state index in [1.54, 1.807) is 75.4 Å². The fourth-order valence-electron chi connectivity index (χ4n) is 10.7. The number of carbonyl (C=O) groups is 7. The highest BCUT2D eigenvalue weighted by molar-refractivity contribution is 5.74. The number of esters is 5. The average Bonchev–Trinajstić information content (AvgIpc) is 0.802. The Bertz CT molecular complexity index is 3340. The van der Waals surface area contributed by atoms with E-state index in [9.17, 15) is 57.7 Å². The second-order valence-electron chi connectivity index (χ2n) is 23.8. The average molecular weight is 1420 g/mol. The molecule has 2 amide bonds. The summed E-state index contributed by atoms with van der Waals surface area (Å²) in [5.41, 5.74) is 4.44. The van der Waals surface area contributed by atoms with Gasteiger partial charge in [0.15, 0.2) is 6.29 Å². The predicted molar refractivity (Wildman–Crippen MR) is 355 cm³/mol.